The number of hydrogen-bond acceptors (Lipinski definition) is 4. The van der Waals surface area contributed by atoms with E-state index in [1.165, 1.54) is 31.4 Å². The van der Waals surface area contributed by atoms with Crippen molar-refractivity contribution in [3.63, 3.8) is 0 Å². The highest BCUT2D eigenvalue weighted by Gasteiger charge is 2.19. The lowest BCUT2D eigenvalue weighted by Gasteiger charge is -2.22. The van der Waals surface area contributed by atoms with Gasteiger partial charge in [0.25, 0.3) is 5.69 Å². The average Bonchev–Trinajstić information content (AvgIpc) is 2.41. The van der Waals surface area contributed by atoms with Crippen molar-refractivity contribution in [3.05, 3.63) is 33.9 Å². The summed E-state index contributed by atoms with van der Waals surface area (Å²) in [5, 5.41) is 14.4. The SMILES string of the molecule is NC(=O)c1ccc(NC2CCCCCCC2)c([N+](=O)[O-])c1. The number of nitro benzene ring substituents is 1. The van der Waals surface area contributed by atoms with Crippen LogP contribution in [0.3, 0.4) is 0 Å². The quantitative estimate of drug-likeness (QED) is 0.657. The van der Waals surface area contributed by atoms with Crippen molar-refractivity contribution < 1.29 is 9.72 Å². The van der Waals surface area contributed by atoms with E-state index in [9.17, 15) is 14.9 Å². The molecule has 1 aromatic carbocycles. The van der Waals surface area contributed by atoms with Crippen LogP contribution in [-0.4, -0.2) is 16.9 Å². The Kier molecular flexibility index (Phi) is 5.14. The molecule has 0 radical (unpaired) electrons. The Bertz CT molecular complexity index is 523. The summed E-state index contributed by atoms with van der Waals surface area (Å²) < 4.78 is 0. The predicted molar refractivity (Wildman–Crippen MR) is 81.3 cm³/mol. The molecule has 0 aliphatic heterocycles. The molecule has 2 rings (SSSR count). The maximum atomic E-state index is 11.2. The molecule has 0 atom stereocenters. The van der Waals surface area contributed by atoms with Crippen molar-refractivity contribution in [2.45, 2.75) is 51.0 Å². The molecule has 6 heteroatoms. The molecule has 0 bridgehead atoms. The second-order valence-corrected chi connectivity index (χ2v) is 5.54. The lowest BCUT2D eigenvalue weighted by molar-refractivity contribution is -0.384. The van der Waals surface area contributed by atoms with E-state index < -0.39 is 10.8 Å². The Morgan fingerprint density at radius 3 is 2.38 bits per heavy atom. The molecule has 1 aliphatic carbocycles. The monoisotopic (exact) mass is 291 g/mol. The molecule has 0 unspecified atom stereocenters. The van der Waals surface area contributed by atoms with Crippen LogP contribution in [0.4, 0.5) is 11.4 Å². The van der Waals surface area contributed by atoms with Gasteiger partial charge in [0.15, 0.2) is 0 Å². The Morgan fingerprint density at radius 2 is 1.81 bits per heavy atom. The molecule has 1 saturated carbocycles. The van der Waals surface area contributed by atoms with Gasteiger partial charge in [0.05, 0.1) is 4.92 Å². The number of hydrogen-bond donors (Lipinski definition) is 2. The first-order chi connectivity index (χ1) is 10.1. The lowest BCUT2D eigenvalue weighted by atomic mass is 9.96. The van der Waals surface area contributed by atoms with Gasteiger partial charge in [0.1, 0.15) is 5.69 Å². The maximum Gasteiger partial charge on any atom is 0.293 e. The van der Waals surface area contributed by atoms with Gasteiger partial charge >= 0.3 is 0 Å². The van der Waals surface area contributed by atoms with Crippen molar-refractivity contribution in [2.75, 3.05) is 5.32 Å². The zero-order chi connectivity index (χ0) is 15.2. The van der Waals surface area contributed by atoms with Crippen LogP contribution < -0.4 is 11.1 Å². The highest BCUT2D eigenvalue weighted by molar-refractivity contribution is 5.94. The van der Waals surface area contributed by atoms with E-state index in [4.69, 9.17) is 5.73 Å². The summed E-state index contributed by atoms with van der Waals surface area (Å²) in [6.45, 7) is 0. The number of nitrogens with zero attached hydrogens (tertiary/aromatic N) is 1. The second-order valence-electron chi connectivity index (χ2n) is 5.54. The molecular weight excluding hydrogens is 270 g/mol. The molecule has 21 heavy (non-hydrogen) atoms. The Hall–Kier alpha value is -2.11. The Morgan fingerprint density at radius 1 is 1.19 bits per heavy atom. The van der Waals surface area contributed by atoms with E-state index >= 15 is 0 Å². The van der Waals surface area contributed by atoms with Crippen LogP contribution in [0.25, 0.3) is 0 Å². The number of amides is 1. The Balaban J connectivity index is 2.17. The number of rotatable bonds is 4. The highest BCUT2D eigenvalue weighted by Crippen LogP contribution is 2.28. The van der Waals surface area contributed by atoms with E-state index in [0.29, 0.717) is 5.69 Å². The number of carbonyl (C=O) groups excluding carboxylic acids is 1. The van der Waals surface area contributed by atoms with Crippen LogP contribution in [0.15, 0.2) is 18.2 Å². The number of anilines is 1. The highest BCUT2D eigenvalue weighted by atomic mass is 16.6. The minimum absolute atomic E-state index is 0.0895. The topological polar surface area (TPSA) is 98.3 Å². The van der Waals surface area contributed by atoms with Gasteiger partial charge < -0.3 is 11.1 Å². The molecule has 3 N–H and O–H groups in total. The predicted octanol–water partition coefficient (Wildman–Crippen LogP) is 3.22. The number of nitro groups is 1. The summed E-state index contributed by atoms with van der Waals surface area (Å²) in [6, 6.07) is 4.61. The van der Waals surface area contributed by atoms with E-state index in [2.05, 4.69) is 5.32 Å². The maximum absolute atomic E-state index is 11.2. The van der Waals surface area contributed by atoms with E-state index in [1.807, 2.05) is 0 Å². The van der Waals surface area contributed by atoms with Gasteiger partial charge in [-0.2, -0.15) is 0 Å². The van der Waals surface area contributed by atoms with Crippen molar-refractivity contribution in [1.82, 2.24) is 0 Å². The van der Waals surface area contributed by atoms with Gasteiger partial charge in [-0.3, -0.25) is 14.9 Å². The van der Waals surface area contributed by atoms with Gasteiger partial charge in [-0.25, -0.2) is 0 Å². The molecule has 0 saturated heterocycles. The molecule has 1 amide bonds. The molecule has 0 heterocycles. The molecule has 114 valence electrons. The molecule has 0 aromatic heterocycles. The first-order valence-electron chi connectivity index (χ1n) is 7.42. The lowest BCUT2D eigenvalue weighted by Crippen LogP contribution is -2.21. The van der Waals surface area contributed by atoms with Crippen LogP contribution in [0.5, 0.6) is 0 Å². The molecule has 6 nitrogen and oxygen atoms in total. The fourth-order valence-corrected chi connectivity index (χ4v) is 2.78. The fourth-order valence-electron chi connectivity index (χ4n) is 2.78. The van der Waals surface area contributed by atoms with Crippen LogP contribution in [0.1, 0.15) is 55.3 Å². The van der Waals surface area contributed by atoms with E-state index in [-0.39, 0.29) is 17.3 Å². The summed E-state index contributed by atoms with van der Waals surface area (Å²) in [6.07, 6.45) is 8.06. The standard InChI is InChI=1S/C15H21N3O3/c16-15(19)11-8-9-13(14(10-11)18(20)21)17-12-6-4-2-1-3-5-7-12/h8-10,12,17H,1-7H2,(H2,16,19). The minimum atomic E-state index is -0.657. The third kappa shape index (κ3) is 4.18. The third-order valence-electron chi connectivity index (χ3n) is 3.94. The van der Waals surface area contributed by atoms with Gasteiger partial charge in [-0.15, -0.1) is 0 Å². The first kappa shape index (κ1) is 15.3. The molecule has 1 aliphatic rings. The molecule has 0 spiro atoms. The fraction of sp³-hybridized carbons (Fsp3) is 0.533. The average molecular weight is 291 g/mol. The van der Waals surface area contributed by atoms with Gasteiger partial charge in [-0.05, 0) is 25.0 Å². The van der Waals surface area contributed by atoms with Gasteiger partial charge in [0, 0.05) is 17.7 Å². The van der Waals surface area contributed by atoms with E-state index in [0.717, 1.165) is 25.7 Å². The van der Waals surface area contributed by atoms with Crippen molar-refractivity contribution >= 4 is 17.3 Å². The zero-order valence-electron chi connectivity index (χ0n) is 12.0. The third-order valence-corrected chi connectivity index (χ3v) is 3.94. The minimum Gasteiger partial charge on any atom is -0.377 e. The van der Waals surface area contributed by atoms with Crippen LogP contribution in [-0.2, 0) is 0 Å². The van der Waals surface area contributed by atoms with E-state index in [1.54, 1.807) is 6.07 Å². The summed E-state index contributed by atoms with van der Waals surface area (Å²) >= 11 is 0. The van der Waals surface area contributed by atoms with Crippen LogP contribution in [0.2, 0.25) is 0 Å². The largest absolute Gasteiger partial charge is 0.377 e. The molecule has 1 aromatic rings. The zero-order valence-corrected chi connectivity index (χ0v) is 12.0. The number of benzene rings is 1. The second kappa shape index (κ2) is 7.06. The Labute approximate surface area is 123 Å². The van der Waals surface area contributed by atoms with Crippen LogP contribution in [0, 0.1) is 10.1 Å². The smallest absolute Gasteiger partial charge is 0.293 e. The van der Waals surface area contributed by atoms with Crippen LogP contribution >= 0.6 is 0 Å². The molecular formula is C15H21N3O3. The van der Waals surface area contributed by atoms with Crippen molar-refractivity contribution in [3.8, 4) is 0 Å². The first-order valence-corrected chi connectivity index (χ1v) is 7.42. The summed E-state index contributed by atoms with van der Waals surface area (Å²) in [4.78, 5) is 21.8. The molecule has 1 fully saturated rings. The summed E-state index contributed by atoms with van der Waals surface area (Å²) in [5.74, 6) is -0.657. The number of nitrogens with one attached hydrogen (secondary N) is 1. The normalized spacial score (nSPS) is 16.8. The van der Waals surface area contributed by atoms with Crippen molar-refractivity contribution in [2.24, 2.45) is 5.73 Å². The number of nitrogens with two attached hydrogens (primary N) is 1. The van der Waals surface area contributed by atoms with Crippen molar-refractivity contribution in [1.29, 1.82) is 0 Å². The summed E-state index contributed by atoms with van der Waals surface area (Å²) in [7, 11) is 0. The van der Waals surface area contributed by atoms with Gasteiger partial charge in [0.2, 0.25) is 5.91 Å². The number of carbonyl (C=O) groups is 1. The summed E-state index contributed by atoms with van der Waals surface area (Å²) in [5.41, 5.74) is 5.71. The van der Waals surface area contributed by atoms with Gasteiger partial charge in [-0.1, -0.05) is 32.1 Å². The number of primary amides is 1.